The predicted molar refractivity (Wildman–Crippen MR) is 73.3 cm³/mol. The molecule has 0 radical (unpaired) electrons. The summed E-state index contributed by atoms with van der Waals surface area (Å²) in [7, 11) is 1.77. The van der Waals surface area contributed by atoms with Crippen molar-refractivity contribution in [3.05, 3.63) is 16.6 Å². The number of nitrogens with zero attached hydrogens (tertiary/aromatic N) is 2. The zero-order valence-corrected chi connectivity index (χ0v) is 12.1. The van der Waals surface area contributed by atoms with Gasteiger partial charge in [-0.2, -0.15) is 0 Å². The van der Waals surface area contributed by atoms with Gasteiger partial charge in [0.2, 0.25) is 5.91 Å². The highest BCUT2D eigenvalue weighted by molar-refractivity contribution is 7.09. The van der Waals surface area contributed by atoms with Gasteiger partial charge in [0.15, 0.2) is 0 Å². The number of likely N-dealkylation sites (N-methyl/N-ethyl adjacent to an activating group) is 1. The van der Waals surface area contributed by atoms with E-state index in [1.807, 2.05) is 12.3 Å². The molecule has 0 aliphatic carbocycles. The van der Waals surface area contributed by atoms with Crippen LogP contribution in [0.1, 0.15) is 31.7 Å². The first kappa shape index (κ1) is 16.4. The smallest absolute Gasteiger partial charge is 0.242 e. The van der Waals surface area contributed by atoms with E-state index in [4.69, 9.17) is 5.73 Å². The standard InChI is InChI=1S/C11H19N3OS.ClH/c1-4-5-11(2,12)10(15)14(3)8-9-13-6-7-16-9;/h6-7H,4-5,8,12H2,1-3H3;1H. The van der Waals surface area contributed by atoms with Crippen molar-refractivity contribution in [2.45, 2.75) is 38.8 Å². The van der Waals surface area contributed by atoms with Crippen molar-refractivity contribution in [3.8, 4) is 0 Å². The summed E-state index contributed by atoms with van der Waals surface area (Å²) in [5.74, 6) is -0.0236. The van der Waals surface area contributed by atoms with Crippen LogP contribution in [0.4, 0.5) is 0 Å². The van der Waals surface area contributed by atoms with E-state index in [1.54, 1.807) is 36.4 Å². The lowest BCUT2D eigenvalue weighted by molar-refractivity contribution is -0.135. The number of aromatic nitrogens is 1. The molecular weight excluding hydrogens is 258 g/mol. The van der Waals surface area contributed by atoms with E-state index in [9.17, 15) is 4.79 Å². The number of carbonyl (C=O) groups excluding carboxylic acids is 1. The molecule has 0 spiro atoms. The zero-order valence-electron chi connectivity index (χ0n) is 10.5. The lowest BCUT2D eigenvalue weighted by Gasteiger charge is -2.28. The van der Waals surface area contributed by atoms with Gasteiger partial charge in [-0.25, -0.2) is 4.98 Å². The molecular formula is C11H20ClN3OS. The van der Waals surface area contributed by atoms with Crippen molar-refractivity contribution < 1.29 is 4.79 Å². The normalized spacial score (nSPS) is 13.6. The van der Waals surface area contributed by atoms with Gasteiger partial charge in [-0.1, -0.05) is 13.3 Å². The summed E-state index contributed by atoms with van der Waals surface area (Å²) in [4.78, 5) is 17.9. The monoisotopic (exact) mass is 277 g/mol. The largest absolute Gasteiger partial charge is 0.337 e. The van der Waals surface area contributed by atoms with E-state index in [2.05, 4.69) is 4.98 Å². The fourth-order valence-electron chi connectivity index (χ4n) is 1.67. The molecule has 1 atom stereocenters. The molecule has 0 aromatic carbocycles. The van der Waals surface area contributed by atoms with Crippen LogP contribution in [-0.2, 0) is 11.3 Å². The minimum absolute atomic E-state index is 0. The third-order valence-corrected chi connectivity index (χ3v) is 3.22. The van der Waals surface area contributed by atoms with Gasteiger partial charge in [-0.15, -0.1) is 23.7 Å². The number of nitrogens with two attached hydrogens (primary N) is 1. The van der Waals surface area contributed by atoms with Gasteiger partial charge >= 0.3 is 0 Å². The molecule has 17 heavy (non-hydrogen) atoms. The first-order valence-electron chi connectivity index (χ1n) is 5.40. The van der Waals surface area contributed by atoms with Crippen LogP contribution in [0.5, 0.6) is 0 Å². The van der Waals surface area contributed by atoms with E-state index < -0.39 is 5.54 Å². The summed E-state index contributed by atoms with van der Waals surface area (Å²) in [6.45, 7) is 4.35. The highest BCUT2D eigenvalue weighted by Crippen LogP contribution is 2.14. The van der Waals surface area contributed by atoms with Crippen molar-refractivity contribution in [1.29, 1.82) is 0 Å². The highest BCUT2D eigenvalue weighted by Gasteiger charge is 2.30. The molecule has 1 unspecified atom stereocenters. The molecule has 0 saturated heterocycles. The minimum atomic E-state index is -0.763. The van der Waals surface area contributed by atoms with Crippen LogP contribution in [0.25, 0.3) is 0 Å². The molecule has 4 nitrogen and oxygen atoms in total. The lowest BCUT2D eigenvalue weighted by Crippen LogP contribution is -2.51. The molecule has 2 N–H and O–H groups in total. The molecule has 0 aliphatic rings. The second-order valence-electron chi connectivity index (χ2n) is 4.25. The number of carbonyl (C=O) groups is 1. The van der Waals surface area contributed by atoms with E-state index in [0.29, 0.717) is 13.0 Å². The topological polar surface area (TPSA) is 59.2 Å². The van der Waals surface area contributed by atoms with Gasteiger partial charge < -0.3 is 10.6 Å². The third kappa shape index (κ3) is 4.61. The molecule has 0 fully saturated rings. The number of hydrogen-bond donors (Lipinski definition) is 1. The van der Waals surface area contributed by atoms with Crippen LogP contribution in [0.2, 0.25) is 0 Å². The van der Waals surface area contributed by atoms with Crippen LogP contribution in [0, 0.1) is 0 Å². The second-order valence-corrected chi connectivity index (χ2v) is 5.23. The Kier molecular flexibility index (Phi) is 6.67. The maximum absolute atomic E-state index is 12.1. The minimum Gasteiger partial charge on any atom is -0.337 e. The number of hydrogen-bond acceptors (Lipinski definition) is 4. The Balaban J connectivity index is 0.00000256. The van der Waals surface area contributed by atoms with Crippen molar-refractivity contribution in [2.75, 3.05) is 7.05 Å². The van der Waals surface area contributed by atoms with Gasteiger partial charge in [0, 0.05) is 18.6 Å². The van der Waals surface area contributed by atoms with E-state index >= 15 is 0 Å². The first-order valence-corrected chi connectivity index (χ1v) is 6.28. The van der Waals surface area contributed by atoms with E-state index in [-0.39, 0.29) is 18.3 Å². The van der Waals surface area contributed by atoms with Crippen LogP contribution in [0.3, 0.4) is 0 Å². The molecule has 98 valence electrons. The molecule has 1 aromatic rings. The molecule has 6 heteroatoms. The van der Waals surface area contributed by atoms with Gasteiger partial charge in [-0.05, 0) is 13.3 Å². The summed E-state index contributed by atoms with van der Waals surface area (Å²) in [5.41, 5.74) is 5.23. The number of amides is 1. The second kappa shape index (κ2) is 6.93. The summed E-state index contributed by atoms with van der Waals surface area (Å²) < 4.78 is 0. The first-order chi connectivity index (χ1) is 7.47. The molecule has 1 aromatic heterocycles. The van der Waals surface area contributed by atoms with Crippen molar-refractivity contribution in [2.24, 2.45) is 5.73 Å². The van der Waals surface area contributed by atoms with Crippen molar-refractivity contribution in [1.82, 2.24) is 9.88 Å². The Labute approximate surface area is 113 Å². The highest BCUT2D eigenvalue weighted by atomic mass is 35.5. The Morgan fingerprint density at radius 3 is 2.76 bits per heavy atom. The van der Waals surface area contributed by atoms with Gasteiger partial charge in [0.1, 0.15) is 5.01 Å². The molecule has 1 rings (SSSR count). The summed E-state index contributed by atoms with van der Waals surface area (Å²) in [6.07, 6.45) is 3.35. The maximum Gasteiger partial charge on any atom is 0.242 e. The number of rotatable bonds is 5. The number of thiazole rings is 1. The van der Waals surface area contributed by atoms with Crippen LogP contribution < -0.4 is 5.73 Å². The summed E-state index contributed by atoms with van der Waals surface area (Å²) in [5, 5.41) is 2.84. The molecule has 1 heterocycles. The predicted octanol–water partition coefficient (Wildman–Crippen LogP) is 2.04. The average molecular weight is 278 g/mol. The fraction of sp³-hybridized carbons (Fsp3) is 0.636. The fourth-order valence-corrected chi connectivity index (χ4v) is 2.34. The van der Waals surface area contributed by atoms with Gasteiger partial charge in [-0.3, -0.25) is 4.79 Å². The van der Waals surface area contributed by atoms with E-state index in [0.717, 1.165) is 11.4 Å². The quantitative estimate of drug-likeness (QED) is 0.896. The van der Waals surface area contributed by atoms with Crippen LogP contribution >= 0.6 is 23.7 Å². The lowest BCUT2D eigenvalue weighted by atomic mass is 9.96. The van der Waals surface area contributed by atoms with Crippen LogP contribution in [-0.4, -0.2) is 28.4 Å². The number of halogens is 1. The van der Waals surface area contributed by atoms with Crippen molar-refractivity contribution in [3.63, 3.8) is 0 Å². The Morgan fingerprint density at radius 2 is 2.29 bits per heavy atom. The third-order valence-electron chi connectivity index (χ3n) is 2.46. The summed E-state index contributed by atoms with van der Waals surface area (Å²) in [6, 6.07) is 0. The molecule has 0 saturated carbocycles. The van der Waals surface area contributed by atoms with Crippen LogP contribution in [0.15, 0.2) is 11.6 Å². The Morgan fingerprint density at radius 1 is 1.65 bits per heavy atom. The molecule has 0 bridgehead atoms. The van der Waals surface area contributed by atoms with E-state index in [1.165, 1.54) is 0 Å². The SMILES string of the molecule is CCCC(C)(N)C(=O)N(C)Cc1nccs1.Cl. The Hall–Kier alpha value is -0.650. The molecule has 1 amide bonds. The van der Waals surface area contributed by atoms with Crippen molar-refractivity contribution >= 4 is 29.7 Å². The zero-order chi connectivity index (χ0) is 12.2. The summed E-state index contributed by atoms with van der Waals surface area (Å²) >= 11 is 1.55. The maximum atomic E-state index is 12.1. The average Bonchev–Trinajstić information content (AvgIpc) is 2.69. The molecule has 0 aliphatic heterocycles. The van der Waals surface area contributed by atoms with Gasteiger partial charge in [0.05, 0.1) is 12.1 Å². The van der Waals surface area contributed by atoms with Gasteiger partial charge in [0.25, 0.3) is 0 Å². The Bertz CT molecular complexity index is 340.